The lowest BCUT2D eigenvalue weighted by Crippen LogP contribution is -2.58. The van der Waals surface area contributed by atoms with Gasteiger partial charge in [-0.05, 0) is 62.8 Å². The van der Waals surface area contributed by atoms with Crippen LogP contribution in [0.5, 0.6) is 0 Å². The Hall–Kier alpha value is -3.76. The molecule has 11 heteroatoms. The van der Waals surface area contributed by atoms with Gasteiger partial charge in [-0.2, -0.15) is 5.10 Å². The number of Topliss-reactive ketones (excluding diaryl/α,β-unsaturated/α-hetero) is 1. The number of nitrogens with zero attached hydrogens (tertiary/aromatic N) is 3. The van der Waals surface area contributed by atoms with E-state index in [0.717, 1.165) is 32.1 Å². The molecule has 1 aromatic heterocycles. The number of aromatic nitrogens is 2. The van der Waals surface area contributed by atoms with Gasteiger partial charge in [0.15, 0.2) is 0 Å². The van der Waals surface area contributed by atoms with Crippen LogP contribution in [-0.4, -0.2) is 75.3 Å². The van der Waals surface area contributed by atoms with Crippen LogP contribution >= 0.6 is 0 Å². The SMILES string of the molecule is Cn1nc2ccccc2c1C(=O)N1CCC2(CC2)CC1C(=O)NC(CC1CCNC1=O)C(=O)C(=O)NC1CC1. The molecule has 3 atom stereocenters. The summed E-state index contributed by atoms with van der Waals surface area (Å²) in [5.41, 5.74) is 1.14. The predicted octanol–water partition coefficient (Wildman–Crippen LogP) is 0.817. The first kappa shape index (κ1) is 25.5. The van der Waals surface area contributed by atoms with E-state index in [-0.39, 0.29) is 29.7 Å². The number of piperidine rings is 1. The number of hydrogen-bond acceptors (Lipinski definition) is 6. The number of hydrogen-bond donors (Lipinski definition) is 3. The summed E-state index contributed by atoms with van der Waals surface area (Å²) in [6, 6.07) is 5.45. The minimum absolute atomic E-state index is 0.0116. The molecule has 4 amide bonds. The summed E-state index contributed by atoms with van der Waals surface area (Å²) in [5.74, 6) is -2.88. The third kappa shape index (κ3) is 5.02. The number of likely N-dealkylation sites (tertiary alicyclic amines) is 1. The fourth-order valence-electron chi connectivity index (χ4n) is 6.08. The average molecular weight is 535 g/mol. The first-order valence-electron chi connectivity index (χ1n) is 13.9. The zero-order valence-corrected chi connectivity index (χ0v) is 22.1. The zero-order chi connectivity index (χ0) is 27.3. The monoisotopic (exact) mass is 534 g/mol. The minimum Gasteiger partial charge on any atom is -0.356 e. The molecule has 3 heterocycles. The second-order valence-electron chi connectivity index (χ2n) is 11.6. The quantitative estimate of drug-likeness (QED) is 0.428. The van der Waals surface area contributed by atoms with E-state index in [1.165, 1.54) is 0 Å². The van der Waals surface area contributed by atoms with Gasteiger partial charge < -0.3 is 20.9 Å². The maximum Gasteiger partial charge on any atom is 0.289 e. The third-order valence-corrected chi connectivity index (χ3v) is 8.80. The first-order valence-corrected chi connectivity index (χ1v) is 13.9. The molecule has 1 aromatic carbocycles. The highest BCUT2D eigenvalue weighted by Crippen LogP contribution is 2.55. The highest BCUT2D eigenvalue weighted by atomic mass is 16.2. The van der Waals surface area contributed by atoms with Gasteiger partial charge in [-0.25, -0.2) is 0 Å². The Labute approximate surface area is 226 Å². The lowest BCUT2D eigenvalue weighted by atomic mass is 9.86. The van der Waals surface area contributed by atoms with Gasteiger partial charge in [0.05, 0.1) is 11.6 Å². The van der Waals surface area contributed by atoms with Crippen molar-refractivity contribution in [1.82, 2.24) is 30.6 Å². The summed E-state index contributed by atoms with van der Waals surface area (Å²) in [5, 5.41) is 13.4. The summed E-state index contributed by atoms with van der Waals surface area (Å²) >= 11 is 0. The molecule has 3 unspecified atom stereocenters. The maximum absolute atomic E-state index is 13.9. The number of rotatable bonds is 8. The molecular formula is C28H34N6O5. The number of amides is 4. The van der Waals surface area contributed by atoms with Gasteiger partial charge in [0, 0.05) is 37.5 Å². The lowest BCUT2D eigenvalue weighted by molar-refractivity contribution is -0.141. The van der Waals surface area contributed by atoms with E-state index in [4.69, 9.17) is 0 Å². The van der Waals surface area contributed by atoms with Gasteiger partial charge in [0.2, 0.25) is 17.6 Å². The Morgan fingerprint density at radius 3 is 2.59 bits per heavy atom. The normalized spacial score (nSPS) is 24.3. The summed E-state index contributed by atoms with van der Waals surface area (Å²) in [4.78, 5) is 67.5. The van der Waals surface area contributed by atoms with Crippen molar-refractivity contribution in [1.29, 1.82) is 0 Å². The van der Waals surface area contributed by atoms with E-state index in [1.54, 1.807) is 16.6 Å². The maximum atomic E-state index is 13.9. The minimum atomic E-state index is -1.14. The van der Waals surface area contributed by atoms with Gasteiger partial charge in [-0.15, -0.1) is 0 Å². The Kier molecular flexibility index (Phi) is 6.39. The van der Waals surface area contributed by atoms with Crippen LogP contribution in [0.25, 0.3) is 10.9 Å². The molecule has 0 radical (unpaired) electrons. The molecule has 4 fully saturated rings. The van der Waals surface area contributed by atoms with Gasteiger partial charge in [0.1, 0.15) is 11.7 Å². The number of benzene rings is 1. The third-order valence-electron chi connectivity index (χ3n) is 8.80. The van der Waals surface area contributed by atoms with Crippen LogP contribution in [0.3, 0.4) is 0 Å². The molecule has 2 saturated heterocycles. The molecule has 2 saturated carbocycles. The van der Waals surface area contributed by atoms with Gasteiger partial charge >= 0.3 is 0 Å². The molecule has 2 aliphatic carbocycles. The Morgan fingerprint density at radius 2 is 1.90 bits per heavy atom. The van der Waals surface area contributed by atoms with Crippen LogP contribution in [0.15, 0.2) is 24.3 Å². The highest BCUT2D eigenvalue weighted by Gasteiger charge is 2.52. The summed E-state index contributed by atoms with van der Waals surface area (Å²) in [6.45, 7) is 0.918. The molecule has 1 spiro atoms. The van der Waals surface area contributed by atoms with Gasteiger partial charge in [-0.3, -0.25) is 28.7 Å². The summed E-state index contributed by atoms with van der Waals surface area (Å²) in [7, 11) is 1.72. The zero-order valence-electron chi connectivity index (χ0n) is 22.1. The van der Waals surface area contributed by atoms with E-state index >= 15 is 0 Å². The fraction of sp³-hybridized carbons (Fsp3) is 0.571. The van der Waals surface area contributed by atoms with Crippen molar-refractivity contribution in [3.05, 3.63) is 30.0 Å². The molecule has 4 aliphatic rings. The van der Waals surface area contributed by atoms with Gasteiger partial charge in [0.25, 0.3) is 11.8 Å². The first-order chi connectivity index (χ1) is 18.7. The van der Waals surface area contributed by atoms with Crippen LogP contribution in [0.1, 0.15) is 61.9 Å². The largest absolute Gasteiger partial charge is 0.356 e. The molecule has 2 aromatic rings. The number of nitrogens with one attached hydrogen (secondary N) is 3. The van der Waals surface area contributed by atoms with Crippen molar-refractivity contribution < 1.29 is 24.0 Å². The molecule has 206 valence electrons. The number of ketones is 1. The second kappa shape index (κ2) is 9.77. The van der Waals surface area contributed by atoms with Crippen LogP contribution in [0, 0.1) is 11.3 Å². The smallest absolute Gasteiger partial charge is 0.289 e. The van der Waals surface area contributed by atoms with E-state index < -0.39 is 35.6 Å². The Balaban J connectivity index is 1.26. The Morgan fingerprint density at radius 1 is 1.13 bits per heavy atom. The van der Waals surface area contributed by atoms with Crippen LogP contribution < -0.4 is 16.0 Å². The van der Waals surface area contributed by atoms with Crippen LogP contribution in [0.2, 0.25) is 0 Å². The average Bonchev–Trinajstić information content (AvgIpc) is 3.82. The standard InChI is InChI=1S/C28H34N6O5/c1-33-22(18-4-2-3-5-19(18)32-33)27(39)34-13-11-28(9-10-28)15-21(34)25(37)31-20(14-16-8-12-29-24(16)36)23(35)26(38)30-17-6-7-17/h2-5,16-17,20-21H,6-15H2,1H3,(H,29,36)(H,30,38)(H,31,37). The van der Waals surface area contributed by atoms with Crippen LogP contribution in [0.4, 0.5) is 0 Å². The molecule has 3 N–H and O–H groups in total. The van der Waals surface area contributed by atoms with Crippen molar-refractivity contribution in [3.63, 3.8) is 0 Å². The van der Waals surface area contributed by atoms with E-state index in [0.29, 0.717) is 42.5 Å². The van der Waals surface area contributed by atoms with Crippen LogP contribution in [-0.2, 0) is 26.2 Å². The van der Waals surface area contributed by atoms with Crippen molar-refractivity contribution in [2.45, 2.75) is 69.5 Å². The van der Waals surface area contributed by atoms with Crippen molar-refractivity contribution in [3.8, 4) is 0 Å². The molecule has 2 aliphatic heterocycles. The second-order valence-corrected chi connectivity index (χ2v) is 11.6. The topological polar surface area (TPSA) is 142 Å². The number of aryl methyl sites for hydroxylation is 1. The van der Waals surface area contributed by atoms with Crippen molar-refractivity contribution in [2.75, 3.05) is 13.1 Å². The highest BCUT2D eigenvalue weighted by molar-refractivity contribution is 6.38. The summed E-state index contributed by atoms with van der Waals surface area (Å²) in [6.07, 6.45) is 5.55. The van der Waals surface area contributed by atoms with E-state index in [1.807, 2.05) is 24.3 Å². The van der Waals surface area contributed by atoms with E-state index in [2.05, 4.69) is 21.0 Å². The van der Waals surface area contributed by atoms with Crippen molar-refractivity contribution >= 4 is 40.3 Å². The van der Waals surface area contributed by atoms with Crippen molar-refractivity contribution in [2.24, 2.45) is 18.4 Å². The van der Waals surface area contributed by atoms with E-state index in [9.17, 15) is 24.0 Å². The molecule has 11 nitrogen and oxygen atoms in total. The molecule has 39 heavy (non-hydrogen) atoms. The summed E-state index contributed by atoms with van der Waals surface area (Å²) < 4.78 is 1.55. The molecule has 0 bridgehead atoms. The Bertz CT molecular complexity index is 1360. The lowest BCUT2D eigenvalue weighted by Gasteiger charge is -2.39. The number of carbonyl (C=O) groups excluding carboxylic acids is 5. The molecular weight excluding hydrogens is 500 g/mol. The molecule has 6 rings (SSSR count). The predicted molar refractivity (Wildman–Crippen MR) is 140 cm³/mol. The van der Waals surface area contributed by atoms with Gasteiger partial charge in [-0.1, -0.05) is 18.2 Å². The fourth-order valence-corrected chi connectivity index (χ4v) is 6.08. The number of fused-ring (bicyclic) bond motifs is 1. The number of carbonyl (C=O) groups is 5.